The van der Waals surface area contributed by atoms with Gasteiger partial charge in [-0.2, -0.15) is 5.10 Å². The second-order valence-electron chi connectivity index (χ2n) is 8.68. The van der Waals surface area contributed by atoms with Gasteiger partial charge in [-0.15, -0.1) is 11.3 Å². The zero-order valence-electron chi connectivity index (χ0n) is 19.9. The number of carbonyl (C=O) groups is 2. The van der Waals surface area contributed by atoms with E-state index in [4.69, 9.17) is 0 Å². The Kier molecular flexibility index (Phi) is 6.52. The fourth-order valence-electron chi connectivity index (χ4n) is 4.12. The third-order valence-electron chi connectivity index (χ3n) is 5.73. The molecule has 2 aromatic carbocycles. The number of fused-ring (bicyclic) bond motifs is 1. The summed E-state index contributed by atoms with van der Waals surface area (Å²) >= 11 is 1.34. The smallest absolute Gasteiger partial charge is 0.264 e. The van der Waals surface area contributed by atoms with Gasteiger partial charge in [0.15, 0.2) is 0 Å². The van der Waals surface area contributed by atoms with E-state index >= 15 is 0 Å². The van der Waals surface area contributed by atoms with Gasteiger partial charge in [-0.25, -0.2) is 4.39 Å². The zero-order valence-corrected chi connectivity index (χ0v) is 20.7. The second kappa shape index (κ2) is 9.38. The lowest BCUT2D eigenvalue weighted by atomic mass is 10.1. The Morgan fingerprint density at radius 3 is 2.35 bits per heavy atom. The van der Waals surface area contributed by atoms with Crippen LogP contribution in [0.5, 0.6) is 0 Å². The number of carbonyl (C=O) groups excluding carboxylic acids is 2. The highest BCUT2D eigenvalue weighted by Gasteiger charge is 2.21. The van der Waals surface area contributed by atoms with Crippen molar-refractivity contribution < 1.29 is 14.0 Å². The summed E-state index contributed by atoms with van der Waals surface area (Å²) in [6, 6.07) is 12.2. The number of aryl methyl sites for hydroxylation is 4. The first-order valence-corrected chi connectivity index (χ1v) is 11.8. The van der Waals surface area contributed by atoms with Gasteiger partial charge in [-0.05, 0) is 62.6 Å². The molecule has 4 aromatic rings. The molecule has 0 aliphatic rings. The first-order valence-electron chi connectivity index (χ1n) is 11.0. The van der Waals surface area contributed by atoms with Crippen LogP contribution in [0.25, 0.3) is 10.2 Å². The molecule has 0 bridgehead atoms. The molecule has 0 saturated carbocycles. The van der Waals surface area contributed by atoms with Crippen molar-refractivity contribution >= 4 is 39.1 Å². The van der Waals surface area contributed by atoms with Gasteiger partial charge in [0, 0.05) is 18.1 Å². The number of nitrogens with one attached hydrogen (secondary N) is 1. The Hall–Kier alpha value is -3.52. The van der Waals surface area contributed by atoms with E-state index in [1.807, 2.05) is 50.6 Å². The molecule has 0 spiro atoms. The summed E-state index contributed by atoms with van der Waals surface area (Å²) in [5.74, 6) is -0.749. The van der Waals surface area contributed by atoms with E-state index in [1.165, 1.54) is 28.4 Å². The lowest BCUT2D eigenvalue weighted by Gasteiger charge is -2.18. The predicted molar refractivity (Wildman–Crippen MR) is 134 cm³/mol. The molecule has 0 aliphatic heterocycles. The lowest BCUT2D eigenvalue weighted by molar-refractivity contribution is -0.116. The van der Waals surface area contributed by atoms with Crippen LogP contribution in [0.3, 0.4) is 0 Å². The fraction of sp³-hybridized carbons (Fsp3) is 0.269. The van der Waals surface area contributed by atoms with Crippen LogP contribution < -0.4 is 5.32 Å². The largest absolute Gasteiger partial charge is 0.332 e. The Morgan fingerprint density at radius 1 is 1.06 bits per heavy atom. The highest BCUT2D eigenvalue weighted by Crippen LogP contribution is 2.30. The number of anilines is 1. The van der Waals surface area contributed by atoms with Gasteiger partial charge in [0.1, 0.15) is 10.6 Å². The number of hydrogen-bond donors (Lipinski definition) is 1. The predicted octanol–water partition coefficient (Wildman–Crippen LogP) is 5.23. The van der Waals surface area contributed by atoms with Crippen LogP contribution in [-0.4, -0.2) is 40.1 Å². The van der Waals surface area contributed by atoms with Crippen molar-refractivity contribution in [1.82, 2.24) is 14.7 Å². The summed E-state index contributed by atoms with van der Waals surface area (Å²) in [5.41, 5.74) is 5.64. The minimum Gasteiger partial charge on any atom is -0.332 e. The van der Waals surface area contributed by atoms with E-state index in [2.05, 4.69) is 10.4 Å². The maximum absolute atomic E-state index is 13.2. The number of thiophene rings is 1. The molecule has 4 rings (SSSR count). The highest BCUT2D eigenvalue weighted by molar-refractivity contribution is 7.20. The molecule has 0 fully saturated rings. The molecule has 0 atom stereocenters. The normalized spacial score (nSPS) is 11.1. The number of likely N-dealkylation sites (N-methyl/N-ethyl adjacent to an activating group) is 1. The van der Waals surface area contributed by atoms with Crippen LogP contribution in [0.2, 0.25) is 0 Å². The number of aromatic nitrogens is 2. The van der Waals surface area contributed by atoms with Crippen LogP contribution in [0.4, 0.5) is 10.1 Å². The summed E-state index contributed by atoms with van der Waals surface area (Å²) < 4.78 is 15.1. The maximum atomic E-state index is 13.2. The minimum absolute atomic E-state index is 0.0550. The number of hydrogen-bond acceptors (Lipinski definition) is 4. The molecule has 2 heterocycles. The number of halogens is 1. The van der Waals surface area contributed by atoms with Crippen molar-refractivity contribution in [1.29, 1.82) is 0 Å². The molecule has 1 N–H and O–H groups in total. The van der Waals surface area contributed by atoms with E-state index in [-0.39, 0.29) is 24.2 Å². The van der Waals surface area contributed by atoms with Gasteiger partial charge < -0.3 is 10.2 Å². The summed E-state index contributed by atoms with van der Waals surface area (Å²) in [5, 5.41) is 8.42. The third kappa shape index (κ3) is 4.87. The SMILES string of the molecule is Cc1cc(C)c(NC(=O)CN(C)C(=O)c2cc3c(C)nn(Cc4ccc(F)cc4)c3s2)c(C)c1. The number of rotatable bonds is 6. The average molecular weight is 479 g/mol. The van der Waals surface area contributed by atoms with E-state index in [1.54, 1.807) is 19.2 Å². The summed E-state index contributed by atoms with van der Waals surface area (Å²) in [6.45, 7) is 8.25. The van der Waals surface area contributed by atoms with Gasteiger partial charge >= 0.3 is 0 Å². The molecule has 176 valence electrons. The molecular weight excluding hydrogens is 451 g/mol. The molecule has 34 heavy (non-hydrogen) atoms. The molecule has 6 nitrogen and oxygen atoms in total. The standard InChI is InChI=1S/C26H27FN4O2S/c1-15-10-16(2)24(17(3)11-15)28-23(32)14-30(5)25(33)22-12-21-18(4)29-31(26(21)34-22)13-19-6-8-20(27)9-7-19/h6-12H,13-14H2,1-5H3,(H,28,32). The van der Waals surface area contributed by atoms with Crippen LogP contribution in [0.1, 0.15) is 37.6 Å². The fourth-order valence-corrected chi connectivity index (χ4v) is 5.28. The van der Waals surface area contributed by atoms with Gasteiger partial charge in [0.2, 0.25) is 5.91 Å². The van der Waals surface area contributed by atoms with E-state index < -0.39 is 0 Å². The molecule has 2 aromatic heterocycles. The number of nitrogens with zero attached hydrogens (tertiary/aromatic N) is 3. The molecule has 0 saturated heterocycles. The highest BCUT2D eigenvalue weighted by atomic mass is 32.1. The van der Waals surface area contributed by atoms with Crippen molar-refractivity contribution in [3.63, 3.8) is 0 Å². The third-order valence-corrected chi connectivity index (χ3v) is 6.87. The Morgan fingerprint density at radius 2 is 1.71 bits per heavy atom. The summed E-state index contributed by atoms with van der Waals surface area (Å²) in [4.78, 5) is 28.6. The summed E-state index contributed by atoms with van der Waals surface area (Å²) in [6.07, 6.45) is 0. The lowest BCUT2D eigenvalue weighted by Crippen LogP contribution is -2.34. The Balaban J connectivity index is 1.49. The van der Waals surface area contributed by atoms with Crippen LogP contribution in [0.15, 0.2) is 42.5 Å². The zero-order chi connectivity index (χ0) is 24.6. The van der Waals surface area contributed by atoms with E-state index in [9.17, 15) is 14.0 Å². The molecule has 8 heteroatoms. The van der Waals surface area contributed by atoms with Crippen LogP contribution in [-0.2, 0) is 11.3 Å². The Labute approximate surface area is 202 Å². The number of amides is 2. The first-order chi connectivity index (χ1) is 16.1. The van der Waals surface area contributed by atoms with E-state index in [0.29, 0.717) is 11.4 Å². The van der Waals surface area contributed by atoms with Crippen LogP contribution >= 0.6 is 11.3 Å². The van der Waals surface area contributed by atoms with Gasteiger partial charge in [0.25, 0.3) is 5.91 Å². The number of benzene rings is 2. The van der Waals surface area contributed by atoms with Crippen LogP contribution in [0, 0.1) is 33.5 Å². The maximum Gasteiger partial charge on any atom is 0.264 e. The molecular formula is C26H27FN4O2S. The van der Waals surface area contributed by atoms with Gasteiger partial charge in [0.05, 0.1) is 23.7 Å². The monoisotopic (exact) mass is 478 g/mol. The van der Waals surface area contributed by atoms with Gasteiger partial charge in [-0.1, -0.05) is 29.8 Å². The molecule has 2 amide bonds. The molecule has 0 aliphatic carbocycles. The summed E-state index contributed by atoms with van der Waals surface area (Å²) in [7, 11) is 1.62. The average Bonchev–Trinajstić information content (AvgIpc) is 3.33. The first kappa shape index (κ1) is 23.6. The Bertz CT molecular complexity index is 1370. The van der Waals surface area contributed by atoms with Gasteiger partial charge in [-0.3, -0.25) is 14.3 Å². The van der Waals surface area contributed by atoms with Crippen molar-refractivity contribution in [2.45, 2.75) is 34.2 Å². The van der Waals surface area contributed by atoms with E-state index in [0.717, 1.165) is 43.9 Å². The van der Waals surface area contributed by atoms with Crippen molar-refractivity contribution in [3.8, 4) is 0 Å². The van der Waals surface area contributed by atoms with Crippen molar-refractivity contribution in [2.24, 2.45) is 0 Å². The minimum atomic E-state index is -0.283. The molecule has 0 unspecified atom stereocenters. The van der Waals surface area contributed by atoms with Crippen molar-refractivity contribution in [3.05, 3.63) is 81.1 Å². The quantitative estimate of drug-likeness (QED) is 0.413. The topological polar surface area (TPSA) is 67.2 Å². The van der Waals surface area contributed by atoms with Crippen molar-refractivity contribution in [2.75, 3.05) is 18.9 Å². The second-order valence-corrected chi connectivity index (χ2v) is 9.71. The molecule has 0 radical (unpaired) electrons.